The molecule has 0 spiro atoms. The molecule has 0 aliphatic rings. The topological polar surface area (TPSA) is 51.0 Å². The summed E-state index contributed by atoms with van der Waals surface area (Å²) in [6.07, 6.45) is 4.09. The first-order chi connectivity index (χ1) is 11.1. The van der Waals surface area contributed by atoms with Gasteiger partial charge in [0.25, 0.3) is 0 Å². The Labute approximate surface area is 140 Å². The van der Waals surface area contributed by atoms with E-state index in [2.05, 4.69) is 23.8 Å². The maximum Gasteiger partial charge on any atom is 0.173 e. The van der Waals surface area contributed by atoms with Gasteiger partial charge in [-0.15, -0.1) is 0 Å². The predicted molar refractivity (Wildman–Crippen MR) is 90.9 cm³/mol. The highest BCUT2D eigenvalue weighted by molar-refractivity contribution is 6.30. The summed E-state index contributed by atoms with van der Waals surface area (Å²) in [5.74, 6) is 3.59. The van der Waals surface area contributed by atoms with Crippen LogP contribution in [0, 0.1) is 5.92 Å². The number of nitrogens with zero attached hydrogens (tertiary/aromatic N) is 1. The average molecular weight is 331 g/mol. The minimum atomic E-state index is 0.465. The number of aromatic amines is 1. The quantitative estimate of drug-likeness (QED) is 0.695. The number of rotatable bonds is 6. The summed E-state index contributed by atoms with van der Waals surface area (Å²) >= 11 is 6.13. The Balaban J connectivity index is 1.80. The van der Waals surface area contributed by atoms with Gasteiger partial charge in [0, 0.05) is 29.4 Å². The number of ether oxygens (including phenoxy) is 1. The second-order valence-electron chi connectivity index (χ2n) is 5.84. The van der Waals surface area contributed by atoms with Gasteiger partial charge in [0.1, 0.15) is 11.5 Å². The van der Waals surface area contributed by atoms with E-state index in [1.54, 1.807) is 12.4 Å². The summed E-state index contributed by atoms with van der Waals surface area (Å²) < 4.78 is 11.7. The van der Waals surface area contributed by atoms with Crippen molar-refractivity contribution in [2.75, 3.05) is 6.61 Å². The molecular weight excluding hydrogens is 312 g/mol. The molecule has 0 radical (unpaired) electrons. The molecule has 0 amide bonds. The van der Waals surface area contributed by atoms with Gasteiger partial charge >= 0.3 is 0 Å². The van der Waals surface area contributed by atoms with Crippen LogP contribution in [0.15, 0.2) is 47.1 Å². The summed E-state index contributed by atoms with van der Waals surface area (Å²) in [4.78, 5) is 7.23. The van der Waals surface area contributed by atoms with Crippen molar-refractivity contribution >= 4 is 11.6 Å². The number of hydrogen-bond donors (Lipinski definition) is 1. The lowest BCUT2D eigenvalue weighted by Crippen LogP contribution is -2.06. The van der Waals surface area contributed by atoms with E-state index in [0.717, 1.165) is 28.7 Å². The lowest BCUT2D eigenvalue weighted by Gasteiger charge is -2.13. The molecule has 0 aliphatic heterocycles. The van der Waals surface area contributed by atoms with E-state index >= 15 is 0 Å². The summed E-state index contributed by atoms with van der Waals surface area (Å²) in [5, 5.41) is 0.690. The van der Waals surface area contributed by atoms with Gasteiger partial charge in [0.2, 0.25) is 0 Å². The fourth-order valence-electron chi connectivity index (χ4n) is 2.27. The third-order valence-corrected chi connectivity index (χ3v) is 3.59. The van der Waals surface area contributed by atoms with Crippen molar-refractivity contribution in [3.05, 3.63) is 59.1 Å². The van der Waals surface area contributed by atoms with Crippen molar-refractivity contribution < 1.29 is 9.15 Å². The third kappa shape index (κ3) is 3.96. The van der Waals surface area contributed by atoms with Gasteiger partial charge in [-0.05, 0) is 36.2 Å². The third-order valence-electron chi connectivity index (χ3n) is 3.35. The zero-order valence-electron chi connectivity index (χ0n) is 13.2. The first-order valence-electron chi connectivity index (χ1n) is 7.61. The van der Waals surface area contributed by atoms with Gasteiger partial charge in [0.15, 0.2) is 11.6 Å². The second-order valence-corrected chi connectivity index (χ2v) is 6.27. The van der Waals surface area contributed by atoms with Crippen molar-refractivity contribution in [1.29, 1.82) is 0 Å². The first-order valence-corrected chi connectivity index (χ1v) is 7.99. The second kappa shape index (κ2) is 6.92. The zero-order valence-corrected chi connectivity index (χ0v) is 13.9. The highest BCUT2D eigenvalue weighted by atomic mass is 35.5. The monoisotopic (exact) mass is 330 g/mol. The van der Waals surface area contributed by atoms with Crippen LogP contribution in [-0.4, -0.2) is 16.6 Å². The van der Waals surface area contributed by atoms with E-state index in [1.165, 1.54) is 0 Å². The molecule has 1 aromatic carbocycles. The summed E-state index contributed by atoms with van der Waals surface area (Å²) in [7, 11) is 0. The largest absolute Gasteiger partial charge is 0.493 e. The van der Waals surface area contributed by atoms with E-state index in [0.29, 0.717) is 24.0 Å². The highest BCUT2D eigenvalue weighted by Crippen LogP contribution is 2.28. The van der Waals surface area contributed by atoms with E-state index in [9.17, 15) is 0 Å². The molecule has 0 saturated carbocycles. The van der Waals surface area contributed by atoms with E-state index in [1.807, 2.05) is 30.3 Å². The van der Waals surface area contributed by atoms with Gasteiger partial charge in [-0.25, -0.2) is 4.98 Å². The molecule has 3 rings (SSSR count). The maximum absolute atomic E-state index is 6.13. The van der Waals surface area contributed by atoms with Crippen molar-refractivity contribution in [2.24, 2.45) is 5.92 Å². The van der Waals surface area contributed by atoms with Crippen LogP contribution in [0.25, 0.3) is 11.6 Å². The van der Waals surface area contributed by atoms with Crippen LogP contribution < -0.4 is 4.74 Å². The van der Waals surface area contributed by atoms with Crippen LogP contribution >= 0.6 is 11.6 Å². The molecule has 0 bridgehead atoms. The van der Waals surface area contributed by atoms with Crippen LogP contribution in [0.1, 0.15) is 25.2 Å². The van der Waals surface area contributed by atoms with Crippen LogP contribution in [-0.2, 0) is 6.42 Å². The summed E-state index contributed by atoms with van der Waals surface area (Å²) in [6, 6.07) is 9.54. The molecule has 23 heavy (non-hydrogen) atoms. The Bertz CT molecular complexity index is 763. The summed E-state index contributed by atoms with van der Waals surface area (Å²) in [6.45, 7) is 4.92. The Morgan fingerprint density at radius 2 is 2.13 bits per heavy atom. The standard InChI is InChI=1S/C18H19ClN2O2/c1-12(2)11-22-16-5-3-14(19)9-13(16)10-15-4-6-17(23-15)18-20-7-8-21-18/h3-9,12H,10-11H2,1-2H3,(H,20,21). The zero-order chi connectivity index (χ0) is 16.2. The summed E-state index contributed by atoms with van der Waals surface area (Å²) in [5.41, 5.74) is 1.01. The molecule has 0 unspecified atom stereocenters. The highest BCUT2D eigenvalue weighted by Gasteiger charge is 2.11. The lowest BCUT2D eigenvalue weighted by molar-refractivity contribution is 0.268. The maximum atomic E-state index is 6.13. The molecule has 3 aromatic rings. The molecule has 120 valence electrons. The van der Waals surface area contributed by atoms with E-state index < -0.39 is 0 Å². The lowest BCUT2D eigenvalue weighted by atomic mass is 10.1. The van der Waals surface area contributed by atoms with Gasteiger partial charge in [-0.2, -0.15) is 0 Å². The number of hydrogen-bond acceptors (Lipinski definition) is 3. The first kappa shape index (κ1) is 15.7. The molecule has 2 heterocycles. The van der Waals surface area contributed by atoms with E-state index in [4.69, 9.17) is 20.8 Å². The number of imidazole rings is 1. The smallest absolute Gasteiger partial charge is 0.173 e. The van der Waals surface area contributed by atoms with Crippen molar-refractivity contribution in [1.82, 2.24) is 9.97 Å². The Hall–Kier alpha value is -2.20. The number of H-pyrrole nitrogens is 1. The predicted octanol–water partition coefficient (Wildman–Crippen LogP) is 4.95. The van der Waals surface area contributed by atoms with Gasteiger partial charge < -0.3 is 14.1 Å². The molecule has 0 atom stereocenters. The fraction of sp³-hybridized carbons (Fsp3) is 0.278. The minimum Gasteiger partial charge on any atom is -0.493 e. The molecule has 5 heteroatoms. The molecule has 0 aliphatic carbocycles. The van der Waals surface area contributed by atoms with Gasteiger partial charge in [0.05, 0.1) is 6.61 Å². The SMILES string of the molecule is CC(C)COc1ccc(Cl)cc1Cc1ccc(-c2ncc[nH]2)o1. The van der Waals surface area contributed by atoms with Crippen molar-refractivity contribution in [3.63, 3.8) is 0 Å². The molecule has 0 saturated heterocycles. The number of benzene rings is 1. The molecule has 2 aromatic heterocycles. The average Bonchev–Trinajstić information content (AvgIpc) is 3.17. The number of furan rings is 1. The van der Waals surface area contributed by atoms with Crippen LogP contribution in [0.3, 0.4) is 0 Å². The van der Waals surface area contributed by atoms with Gasteiger partial charge in [-0.1, -0.05) is 25.4 Å². The van der Waals surface area contributed by atoms with Gasteiger partial charge in [-0.3, -0.25) is 0 Å². The van der Waals surface area contributed by atoms with Crippen LogP contribution in [0.2, 0.25) is 5.02 Å². The molecule has 0 fully saturated rings. The Morgan fingerprint density at radius 1 is 1.26 bits per heavy atom. The fourth-order valence-corrected chi connectivity index (χ4v) is 2.47. The van der Waals surface area contributed by atoms with E-state index in [-0.39, 0.29) is 0 Å². The molecule has 4 nitrogen and oxygen atoms in total. The van der Waals surface area contributed by atoms with Crippen molar-refractivity contribution in [2.45, 2.75) is 20.3 Å². The normalized spacial score (nSPS) is 11.1. The number of nitrogens with one attached hydrogen (secondary N) is 1. The van der Waals surface area contributed by atoms with Crippen molar-refractivity contribution in [3.8, 4) is 17.3 Å². The minimum absolute atomic E-state index is 0.465. The molecular formula is C18H19ClN2O2. The Morgan fingerprint density at radius 3 is 2.87 bits per heavy atom. The van der Waals surface area contributed by atoms with Crippen LogP contribution in [0.4, 0.5) is 0 Å². The number of halogens is 1. The Kier molecular flexibility index (Phi) is 4.72. The van der Waals surface area contributed by atoms with Crippen LogP contribution in [0.5, 0.6) is 5.75 Å². The number of aromatic nitrogens is 2. The molecule has 1 N–H and O–H groups in total.